The number of carbonyl (C=O) groups excluding carboxylic acids is 1. The van der Waals surface area contributed by atoms with Crippen LogP contribution in [0.4, 0.5) is 4.79 Å². The summed E-state index contributed by atoms with van der Waals surface area (Å²) in [6, 6.07) is 23.0. The Morgan fingerprint density at radius 1 is 1.09 bits per heavy atom. The number of nitrogens with zero attached hydrogens (tertiary/aromatic N) is 2. The van der Waals surface area contributed by atoms with E-state index in [1.54, 1.807) is 12.3 Å². The number of rotatable bonds is 10. The predicted octanol–water partition coefficient (Wildman–Crippen LogP) is 6.06. The van der Waals surface area contributed by atoms with Crippen molar-refractivity contribution in [1.29, 1.82) is 0 Å². The number of aromatic nitrogens is 1. The van der Waals surface area contributed by atoms with Crippen molar-refractivity contribution in [3.63, 3.8) is 0 Å². The fourth-order valence-corrected chi connectivity index (χ4v) is 6.48. The van der Waals surface area contributed by atoms with Crippen molar-refractivity contribution in [3.8, 4) is 11.1 Å². The number of carbonyl (C=O) groups is 2. The Morgan fingerprint density at radius 2 is 1.88 bits per heavy atom. The smallest absolute Gasteiger partial charge is 0.404 e. The zero-order valence-electron chi connectivity index (χ0n) is 24.2. The number of pyridine rings is 1. The molecule has 2 heterocycles. The first kappa shape index (κ1) is 30.5. The van der Waals surface area contributed by atoms with Gasteiger partial charge in [-0.15, -0.1) is 0 Å². The van der Waals surface area contributed by atoms with Gasteiger partial charge in [0.2, 0.25) is 0 Å². The van der Waals surface area contributed by atoms with E-state index >= 15 is 0 Å². The van der Waals surface area contributed by atoms with Crippen molar-refractivity contribution in [1.82, 2.24) is 20.5 Å². The fourth-order valence-electron chi connectivity index (χ4n) is 6.20. The molecule has 2 atom stereocenters. The van der Waals surface area contributed by atoms with Gasteiger partial charge in [0, 0.05) is 65.4 Å². The largest absolute Gasteiger partial charge is 0.465 e. The number of hydrogen-bond acceptors (Lipinski definition) is 5. The van der Waals surface area contributed by atoms with Crippen LogP contribution in [0.5, 0.6) is 0 Å². The summed E-state index contributed by atoms with van der Waals surface area (Å²) >= 11 is 6.86. The van der Waals surface area contributed by atoms with Crippen LogP contribution in [0.3, 0.4) is 0 Å². The molecule has 0 aliphatic carbocycles. The molecular weight excluding hydrogens is 564 g/mol. The summed E-state index contributed by atoms with van der Waals surface area (Å²) in [5, 5.41) is 28.8. The molecule has 4 aromatic rings. The lowest BCUT2D eigenvalue weighted by Crippen LogP contribution is -2.48. The summed E-state index contributed by atoms with van der Waals surface area (Å²) in [6.07, 6.45) is 2.79. The van der Waals surface area contributed by atoms with Crippen LogP contribution in [-0.2, 0) is 12.1 Å². The molecule has 0 radical (unpaired) electrons. The fraction of sp³-hybridized carbons (Fsp3) is 0.324. The predicted molar refractivity (Wildman–Crippen MR) is 169 cm³/mol. The number of carboxylic acid groups (broad SMARTS) is 1. The maximum absolute atomic E-state index is 13.6. The van der Waals surface area contributed by atoms with Crippen molar-refractivity contribution >= 4 is 34.5 Å². The van der Waals surface area contributed by atoms with Gasteiger partial charge in [-0.1, -0.05) is 54.1 Å². The van der Waals surface area contributed by atoms with Gasteiger partial charge in [0.15, 0.2) is 0 Å². The van der Waals surface area contributed by atoms with Crippen molar-refractivity contribution in [2.24, 2.45) is 5.92 Å². The van der Waals surface area contributed by atoms with Gasteiger partial charge in [-0.25, -0.2) is 4.79 Å². The molecule has 0 saturated carbocycles. The van der Waals surface area contributed by atoms with Crippen molar-refractivity contribution in [2.75, 3.05) is 26.7 Å². The van der Waals surface area contributed by atoms with Crippen LogP contribution in [0.1, 0.15) is 47.2 Å². The minimum absolute atomic E-state index is 0.0688. The zero-order chi connectivity index (χ0) is 30.4. The van der Waals surface area contributed by atoms with E-state index in [1.165, 1.54) is 0 Å². The molecule has 1 aliphatic heterocycles. The summed E-state index contributed by atoms with van der Waals surface area (Å²) in [6.45, 7) is 1.88. The van der Waals surface area contributed by atoms with E-state index in [1.807, 2.05) is 78.7 Å². The molecule has 224 valence electrons. The Balaban J connectivity index is 1.51. The Kier molecular flexibility index (Phi) is 9.60. The first-order chi connectivity index (χ1) is 20.8. The molecule has 1 saturated heterocycles. The number of amides is 2. The number of para-hydroxylation sites is 1. The number of halogens is 1. The molecule has 3 aromatic carbocycles. The van der Waals surface area contributed by atoms with E-state index in [9.17, 15) is 14.7 Å². The van der Waals surface area contributed by atoms with Gasteiger partial charge >= 0.3 is 6.09 Å². The van der Waals surface area contributed by atoms with Crippen LogP contribution in [-0.4, -0.2) is 58.8 Å². The van der Waals surface area contributed by atoms with Gasteiger partial charge in [-0.05, 0) is 74.2 Å². The second-order valence-electron chi connectivity index (χ2n) is 11.2. The highest BCUT2D eigenvalue weighted by atomic mass is 35.5. The first-order valence-electron chi connectivity index (χ1n) is 14.7. The Morgan fingerprint density at radius 3 is 2.65 bits per heavy atom. The number of fused-ring (bicyclic) bond motifs is 1. The quantitative estimate of drug-likeness (QED) is 0.164. The topological polar surface area (TPSA) is 115 Å². The normalized spacial score (nSPS) is 16.5. The van der Waals surface area contributed by atoms with Gasteiger partial charge < -0.3 is 25.7 Å². The molecule has 0 spiro atoms. The standard InChI is InChI=1S/C34H37ClN4O4/c1-36-20-23-12-14-24(15-13-23)32(40)39-18-5-8-27(22-39)34(43,16-6-17-37-33(41)42)28-9-4-10-29(35)31(28)26-19-25-7-2-3-11-30(25)38-21-26/h2-4,7,9-15,19,21,27,36-37,43H,5-6,8,16-18,20,22H2,1H3,(H,41,42)/t27-,34+/m1/s1. The van der Waals surface area contributed by atoms with Gasteiger partial charge in [0.05, 0.1) is 11.1 Å². The van der Waals surface area contributed by atoms with E-state index < -0.39 is 11.7 Å². The number of aliphatic hydroxyl groups is 1. The number of piperidine rings is 1. The SMILES string of the molecule is CNCc1ccc(C(=O)N2CCC[C@@H]([C@@](O)(CCCNC(=O)O)c3cccc(Cl)c3-c3cnc4ccccc4c3)C2)cc1. The van der Waals surface area contributed by atoms with E-state index in [0.717, 1.165) is 35.0 Å². The van der Waals surface area contributed by atoms with Gasteiger partial charge in [-0.2, -0.15) is 0 Å². The van der Waals surface area contributed by atoms with Crippen molar-refractivity contribution in [2.45, 2.75) is 37.8 Å². The minimum atomic E-state index is -1.39. The molecule has 43 heavy (non-hydrogen) atoms. The lowest BCUT2D eigenvalue weighted by atomic mass is 9.72. The molecule has 1 aliphatic rings. The molecular formula is C34H37ClN4O4. The van der Waals surface area contributed by atoms with Crippen molar-refractivity contribution < 1.29 is 19.8 Å². The molecule has 8 nitrogen and oxygen atoms in total. The van der Waals surface area contributed by atoms with E-state index in [4.69, 9.17) is 16.7 Å². The number of nitrogens with one attached hydrogen (secondary N) is 2. The summed E-state index contributed by atoms with van der Waals surface area (Å²) in [5.41, 5.74) is 3.31. The third kappa shape index (κ3) is 6.82. The lowest BCUT2D eigenvalue weighted by molar-refractivity contribution is -0.0563. The monoisotopic (exact) mass is 600 g/mol. The van der Waals surface area contributed by atoms with E-state index in [0.29, 0.717) is 47.6 Å². The van der Waals surface area contributed by atoms with Crippen LogP contribution in [0, 0.1) is 5.92 Å². The van der Waals surface area contributed by atoms with Gasteiger partial charge in [0.25, 0.3) is 5.91 Å². The van der Waals surface area contributed by atoms with Crippen LogP contribution in [0.25, 0.3) is 22.0 Å². The highest BCUT2D eigenvalue weighted by Crippen LogP contribution is 2.46. The van der Waals surface area contributed by atoms with E-state index in [-0.39, 0.29) is 24.8 Å². The summed E-state index contributed by atoms with van der Waals surface area (Å²) in [7, 11) is 1.88. The molecule has 9 heteroatoms. The van der Waals surface area contributed by atoms with Gasteiger partial charge in [-0.3, -0.25) is 9.78 Å². The van der Waals surface area contributed by atoms with Crippen LogP contribution in [0.15, 0.2) is 79.0 Å². The molecule has 5 rings (SSSR count). The molecule has 0 unspecified atom stereocenters. The summed E-state index contributed by atoms with van der Waals surface area (Å²) in [5.74, 6) is -0.370. The maximum Gasteiger partial charge on any atom is 0.404 e. The average molecular weight is 601 g/mol. The molecule has 0 bridgehead atoms. The summed E-state index contributed by atoms with van der Waals surface area (Å²) < 4.78 is 0. The molecule has 2 amide bonds. The minimum Gasteiger partial charge on any atom is -0.465 e. The van der Waals surface area contributed by atoms with E-state index in [2.05, 4.69) is 15.6 Å². The third-order valence-electron chi connectivity index (χ3n) is 8.34. The third-order valence-corrected chi connectivity index (χ3v) is 8.65. The number of hydrogen-bond donors (Lipinski definition) is 4. The Bertz CT molecular complexity index is 1600. The second-order valence-corrected chi connectivity index (χ2v) is 11.6. The second kappa shape index (κ2) is 13.5. The average Bonchev–Trinajstić information content (AvgIpc) is 3.03. The van der Waals surface area contributed by atoms with Gasteiger partial charge in [0.1, 0.15) is 0 Å². The highest BCUT2D eigenvalue weighted by molar-refractivity contribution is 6.33. The van der Waals surface area contributed by atoms with Crippen LogP contribution >= 0.6 is 11.6 Å². The Labute approximate surface area is 256 Å². The summed E-state index contributed by atoms with van der Waals surface area (Å²) in [4.78, 5) is 31.2. The zero-order valence-corrected chi connectivity index (χ0v) is 25.0. The maximum atomic E-state index is 13.6. The number of benzene rings is 3. The Hall–Kier alpha value is -3.98. The first-order valence-corrected chi connectivity index (χ1v) is 15.0. The van der Waals surface area contributed by atoms with Crippen molar-refractivity contribution in [3.05, 3.63) is 101 Å². The van der Waals surface area contributed by atoms with Crippen LogP contribution in [0.2, 0.25) is 5.02 Å². The molecule has 4 N–H and O–H groups in total. The lowest BCUT2D eigenvalue weighted by Gasteiger charge is -2.44. The van der Waals surface area contributed by atoms with Crippen LogP contribution < -0.4 is 10.6 Å². The molecule has 1 aromatic heterocycles. The highest BCUT2D eigenvalue weighted by Gasteiger charge is 2.43. The number of likely N-dealkylation sites (tertiary alicyclic amines) is 1. The molecule has 1 fully saturated rings.